The van der Waals surface area contributed by atoms with E-state index in [0.717, 1.165) is 44.1 Å². The summed E-state index contributed by atoms with van der Waals surface area (Å²) < 4.78 is 4.89. The Hall–Kier alpha value is -1.55. The summed E-state index contributed by atoms with van der Waals surface area (Å²) in [6, 6.07) is 3.65. The summed E-state index contributed by atoms with van der Waals surface area (Å²) in [7, 11) is 1.36. The Morgan fingerprint density at radius 1 is 1.25 bits per heavy atom. The van der Waals surface area contributed by atoms with Crippen LogP contribution in [0.1, 0.15) is 66.4 Å². The van der Waals surface area contributed by atoms with Gasteiger partial charge in [0.1, 0.15) is 11.3 Å². The number of phenols is 1. The zero-order valence-corrected chi connectivity index (χ0v) is 14.4. The average Bonchev–Trinajstić information content (AvgIpc) is 2.89. The summed E-state index contributed by atoms with van der Waals surface area (Å²) in [5, 5.41) is 20.6. The number of fused-ring (bicyclic) bond motifs is 5. The number of aromatic hydroxyl groups is 1. The molecule has 0 spiro atoms. The molecule has 0 saturated heterocycles. The second kappa shape index (κ2) is 5.48. The van der Waals surface area contributed by atoms with Gasteiger partial charge in [-0.05, 0) is 78.9 Å². The van der Waals surface area contributed by atoms with Crippen LogP contribution in [0.3, 0.4) is 0 Å². The van der Waals surface area contributed by atoms with E-state index in [1.807, 2.05) is 6.07 Å². The third kappa shape index (κ3) is 2.05. The summed E-state index contributed by atoms with van der Waals surface area (Å²) in [4.78, 5) is 12.1. The molecule has 0 aromatic heterocycles. The molecule has 0 bridgehead atoms. The molecular formula is C20H26O4. The highest BCUT2D eigenvalue weighted by Crippen LogP contribution is 2.61. The topological polar surface area (TPSA) is 66.8 Å². The normalized spacial score (nSPS) is 37.3. The summed E-state index contributed by atoms with van der Waals surface area (Å²) >= 11 is 0. The molecule has 0 unspecified atom stereocenters. The van der Waals surface area contributed by atoms with Crippen LogP contribution < -0.4 is 0 Å². The first kappa shape index (κ1) is 15.9. The number of methoxy groups -OCH3 is 1. The predicted octanol–water partition coefficient (Wildman–Crippen LogP) is 3.40. The van der Waals surface area contributed by atoms with Crippen LogP contribution in [0.4, 0.5) is 0 Å². The molecule has 0 amide bonds. The van der Waals surface area contributed by atoms with Gasteiger partial charge < -0.3 is 14.9 Å². The van der Waals surface area contributed by atoms with Crippen molar-refractivity contribution in [1.82, 2.24) is 0 Å². The van der Waals surface area contributed by atoms with Gasteiger partial charge in [-0.1, -0.05) is 13.0 Å². The highest BCUT2D eigenvalue weighted by atomic mass is 16.5. The van der Waals surface area contributed by atoms with Crippen molar-refractivity contribution in [1.29, 1.82) is 0 Å². The van der Waals surface area contributed by atoms with Crippen molar-refractivity contribution in [3.63, 3.8) is 0 Å². The first-order valence-electron chi connectivity index (χ1n) is 9.08. The number of hydrogen-bond acceptors (Lipinski definition) is 4. The Kier molecular flexibility index (Phi) is 3.64. The molecule has 4 heteroatoms. The minimum absolute atomic E-state index is 0.0241. The Balaban J connectivity index is 1.75. The number of phenolic OH excluding ortho intramolecular Hbond substituents is 1. The molecule has 0 aliphatic heterocycles. The Bertz CT molecular complexity index is 682. The molecule has 2 fully saturated rings. The van der Waals surface area contributed by atoms with E-state index >= 15 is 0 Å². The van der Waals surface area contributed by atoms with Crippen molar-refractivity contribution in [2.45, 2.75) is 57.5 Å². The Morgan fingerprint density at radius 2 is 2.04 bits per heavy atom. The van der Waals surface area contributed by atoms with Crippen LogP contribution in [0, 0.1) is 17.3 Å². The van der Waals surface area contributed by atoms with E-state index in [1.54, 1.807) is 6.07 Å². The molecule has 0 radical (unpaired) electrons. The number of ether oxygens (including phenoxy) is 1. The van der Waals surface area contributed by atoms with Crippen molar-refractivity contribution >= 4 is 5.97 Å². The van der Waals surface area contributed by atoms with E-state index < -0.39 is 5.97 Å². The fraction of sp³-hybridized carbons (Fsp3) is 0.650. The van der Waals surface area contributed by atoms with E-state index in [9.17, 15) is 15.0 Å². The van der Waals surface area contributed by atoms with Gasteiger partial charge in [0.2, 0.25) is 0 Å². The summed E-state index contributed by atoms with van der Waals surface area (Å²) in [5.74, 6) is 1.15. The SMILES string of the molecule is COC(=O)c1c(O)ccc2c1CC[C@@H]1[C@@H]2CC[C@]2(C)[C@@H](O)CC[C@@H]12. The van der Waals surface area contributed by atoms with E-state index in [0.29, 0.717) is 23.3 Å². The van der Waals surface area contributed by atoms with Crippen LogP contribution in [-0.4, -0.2) is 29.4 Å². The van der Waals surface area contributed by atoms with E-state index in [4.69, 9.17) is 4.74 Å². The number of carbonyl (C=O) groups is 1. The molecule has 3 aliphatic carbocycles. The second-order valence-corrected chi connectivity index (χ2v) is 8.07. The van der Waals surface area contributed by atoms with Crippen LogP contribution in [-0.2, 0) is 11.2 Å². The molecule has 24 heavy (non-hydrogen) atoms. The van der Waals surface area contributed by atoms with Crippen molar-refractivity contribution in [2.75, 3.05) is 7.11 Å². The lowest BCUT2D eigenvalue weighted by molar-refractivity contribution is -0.0226. The fourth-order valence-corrected chi connectivity index (χ4v) is 5.96. The molecule has 2 N–H and O–H groups in total. The van der Waals surface area contributed by atoms with Crippen LogP contribution in [0.5, 0.6) is 5.75 Å². The van der Waals surface area contributed by atoms with Gasteiger partial charge in [0.05, 0.1) is 13.2 Å². The van der Waals surface area contributed by atoms with Crippen LogP contribution in [0.2, 0.25) is 0 Å². The molecule has 0 heterocycles. The molecule has 4 nitrogen and oxygen atoms in total. The number of carbonyl (C=O) groups excluding carboxylic acids is 1. The molecule has 2 saturated carbocycles. The van der Waals surface area contributed by atoms with E-state index in [1.165, 1.54) is 12.7 Å². The van der Waals surface area contributed by atoms with Crippen molar-refractivity contribution in [3.8, 4) is 5.75 Å². The van der Waals surface area contributed by atoms with Gasteiger partial charge >= 0.3 is 5.97 Å². The largest absolute Gasteiger partial charge is 0.507 e. The Labute approximate surface area is 142 Å². The van der Waals surface area contributed by atoms with Gasteiger partial charge in [-0.15, -0.1) is 0 Å². The highest BCUT2D eigenvalue weighted by molar-refractivity contribution is 5.94. The standard InChI is InChI=1S/C20H26O4/c1-20-10-9-12-11-5-7-16(21)18(19(23)24-2)14(11)4-3-13(12)15(20)6-8-17(20)22/h5,7,12-13,15,17,21-22H,3-4,6,8-10H2,1-2H3/t12-,13-,15+,17+,20+/m1/s1. The summed E-state index contributed by atoms with van der Waals surface area (Å²) in [5.41, 5.74) is 2.60. The number of aliphatic hydroxyl groups excluding tert-OH is 1. The van der Waals surface area contributed by atoms with E-state index in [2.05, 4.69) is 6.92 Å². The van der Waals surface area contributed by atoms with E-state index in [-0.39, 0.29) is 17.3 Å². The van der Waals surface area contributed by atoms with Gasteiger partial charge in [0, 0.05) is 0 Å². The number of aliphatic hydroxyl groups is 1. The molecular weight excluding hydrogens is 304 g/mol. The lowest BCUT2D eigenvalue weighted by Gasteiger charge is -2.50. The van der Waals surface area contributed by atoms with Gasteiger partial charge in [-0.2, -0.15) is 0 Å². The maximum absolute atomic E-state index is 12.1. The number of esters is 1. The minimum atomic E-state index is -0.445. The summed E-state index contributed by atoms with van der Waals surface area (Å²) in [6.45, 7) is 2.26. The zero-order valence-electron chi connectivity index (χ0n) is 14.4. The average molecular weight is 330 g/mol. The fourth-order valence-electron chi connectivity index (χ4n) is 5.96. The number of hydrogen-bond donors (Lipinski definition) is 2. The highest BCUT2D eigenvalue weighted by Gasteiger charge is 2.54. The molecule has 4 rings (SSSR count). The van der Waals surface area contributed by atoms with Gasteiger partial charge in [-0.25, -0.2) is 4.79 Å². The molecule has 5 atom stereocenters. The lowest BCUT2D eigenvalue weighted by atomic mass is 9.55. The van der Waals surface area contributed by atoms with Crippen molar-refractivity contribution in [3.05, 3.63) is 28.8 Å². The quantitative estimate of drug-likeness (QED) is 0.775. The molecule has 1 aromatic carbocycles. The number of benzene rings is 1. The van der Waals surface area contributed by atoms with Gasteiger partial charge in [0.25, 0.3) is 0 Å². The monoisotopic (exact) mass is 330 g/mol. The third-order valence-electron chi connectivity index (χ3n) is 7.23. The first-order chi connectivity index (χ1) is 11.5. The lowest BCUT2D eigenvalue weighted by Crippen LogP contribution is -2.44. The first-order valence-corrected chi connectivity index (χ1v) is 9.08. The predicted molar refractivity (Wildman–Crippen MR) is 90.1 cm³/mol. The smallest absolute Gasteiger partial charge is 0.341 e. The van der Waals surface area contributed by atoms with Crippen LogP contribution in [0.25, 0.3) is 0 Å². The zero-order chi connectivity index (χ0) is 17.1. The number of rotatable bonds is 1. The minimum Gasteiger partial charge on any atom is -0.507 e. The van der Waals surface area contributed by atoms with Crippen LogP contribution in [0.15, 0.2) is 12.1 Å². The van der Waals surface area contributed by atoms with Crippen LogP contribution >= 0.6 is 0 Å². The maximum Gasteiger partial charge on any atom is 0.341 e. The van der Waals surface area contributed by atoms with Crippen molar-refractivity contribution < 1.29 is 19.7 Å². The second-order valence-electron chi connectivity index (χ2n) is 8.07. The summed E-state index contributed by atoms with van der Waals surface area (Å²) in [6.07, 6.45) is 5.77. The molecule has 3 aliphatic rings. The van der Waals surface area contributed by atoms with Crippen molar-refractivity contribution in [2.24, 2.45) is 17.3 Å². The molecule has 130 valence electrons. The third-order valence-corrected chi connectivity index (χ3v) is 7.23. The molecule has 1 aromatic rings. The van der Waals surface area contributed by atoms with Gasteiger partial charge in [-0.3, -0.25) is 0 Å². The maximum atomic E-state index is 12.1. The van der Waals surface area contributed by atoms with Gasteiger partial charge in [0.15, 0.2) is 0 Å². The Morgan fingerprint density at radius 3 is 2.79 bits per heavy atom.